The third-order valence-corrected chi connectivity index (χ3v) is 8.62. The molecule has 4 aliphatic rings. The van der Waals surface area contributed by atoms with Gasteiger partial charge in [-0.05, 0) is 61.0 Å². The summed E-state index contributed by atoms with van der Waals surface area (Å²) in [6.45, 7) is 0.948. The van der Waals surface area contributed by atoms with E-state index >= 15 is 0 Å². The quantitative estimate of drug-likeness (QED) is 0.0674. The lowest BCUT2D eigenvalue weighted by Crippen LogP contribution is -2.62. The number of ether oxygens (including phenoxy) is 5. The number of rotatable bonds is 9. The van der Waals surface area contributed by atoms with E-state index in [2.05, 4.69) is 0 Å². The third-order valence-electron chi connectivity index (χ3n) is 8.62. The highest BCUT2D eigenvalue weighted by Gasteiger charge is 2.50. The van der Waals surface area contributed by atoms with Gasteiger partial charge in [-0.15, -0.1) is 0 Å². The average Bonchev–Trinajstić information content (AvgIpc) is 3.11. The van der Waals surface area contributed by atoms with Crippen molar-refractivity contribution in [1.82, 2.24) is 0 Å². The van der Waals surface area contributed by atoms with Crippen molar-refractivity contribution in [1.29, 1.82) is 0 Å². The summed E-state index contributed by atoms with van der Waals surface area (Å²) in [5.41, 5.74) is 0.530. The van der Waals surface area contributed by atoms with Crippen LogP contribution >= 0.6 is 0 Å². The van der Waals surface area contributed by atoms with E-state index in [0.29, 0.717) is 11.1 Å². The molecule has 3 heterocycles. The smallest absolute Gasteiger partial charge is 0.508 e. The SMILES string of the molecule is CC1OC(OCC2OC(Oc3cc4c(O)cc(=O)cc-4oc3-c3ccc(O)cc3)C(O)C(O)C2O)C(O)C(O)C1OC(=[OH+])C=Cc1ccc(O)cc1. The zero-order valence-corrected chi connectivity index (χ0v) is 27.4. The van der Waals surface area contributed by atoms with Gasteiger partial charge < -0.3 is 73.7 Å². The highest BCUT2D eigenvalue weighted by Crippen LogP contribution is 2.42. The Balaban J connectivity index is 1.14. The topological polar surface area (TPSA) is 260 Å². The summed E-state index contributed by atoms with van der Waals surface area (Å²) < 4.78 is 34.4. The summed E-state index contributed by atoms with van der Waals surface area (Å²) >= 11 is 0. The van der Waals surface area contributed by atoms with Crippen LogP contribution in [0.4, 0.5) is 0 Å². The van der Waals surface area contributed by atoms with E-state index in [1.165, 1.54) is 61.5 Å². The van der Waals surface area contributed by atoms with Crippen molar-refractivity contribution in [2.45, 2.75) is 68.3 Å². The van der Waals surface area contributed by atoms with Gasteiger partial charge in [-0.3, -0.25) is 4.79 Å². The monoisotopic (exact) mass is 725 g/mol. The Labute approximate surface area is 294 Å². The second-order valence-corrected chi connectivity index (χ2v) is 12.3. The minimum atomic E-state index is -1.83. The van der Waals surface area contributed by atoms with Gasteiger partial charge in [0.25, 0.3) is 0 Å². The van der Waals surface area contributed by atoms with Gasteiger partial charge in [0.05, 0.1) is 18.2 Å². The molecular formula is C36H37O16+. The fraction of sp³-hybridized carbons (Fsp3) is 0.333. The lowest BCUT2D eigenvalue weighted by atomic mass is 9.98. The normalized spacial score (nSPS) is 29.3. The summed E-state index contributed by atoms with van der Waals surface area (Å²) in [6, 6.07) is 15.2. The van der Waals surface area contributed by atoms with Gasteiger partial charge in [-0.25, -0.2) is 0 Å². The van der Waals surface area contributed by atoms with Crippen LogP contribution in [0.1, 0.15) is 12.5 Å². The molecule has 276 valence electrons. The number of benzene rings is 3. The standard InChI is InChI=1S/C36H36O16/c1-16-33(52-27(41)11-4-17-2-7-19(37)8-3-17)30(44)32(46)35(48-16)47-15-26-28(42)29(43)31(45)36(51-26)50-25-14-22-23(40)12-21(39)13-24(22)49-34(25)18-5-9-20(38)10-6-18/h2-14,16,26,28-33,35-38,40,42-46H,15H2,1H3/p+1. The van der Waals surface area contributed by atoms with Crippen molar-refractivity contribution in [3.63, 3.8) is 0 Å². The van der Waals surface area contributed by atoms with E-state index in [1.54, 1.807) is 12.1 Å². The maximum Gasteiger partial charge on any atom is 0.510 e. The number of hydrogen-bond donors (Lipinski definition) is 8. The molecular weight excluding hydrogens is 688 g/mol. The minimum absolute atomic E-state index is 0.000635. The number of hydrogen-bond acceptors (Lipinski definition) is 15. The average molecular weight is 726 g/mol. The van der Waals surface area contributed by atoms with Crippen LogP contribution in [-0.4, -0.2) is 120 Å². The zero-order valence-electron chi connectivity index (χ0n) is 27.4. The van der Waals surface area contributed by atoms with E-state index < -0.39 is 85.2 Å². The van der Waals surface area contributed by atoms with E-state index in [1.807, 2.05) is 0 Å². The highest BCUT2D eigenvalue weighted by molar-refractivity contribution is 5.88. The summed E-state index contributed by atoms with van der Waals surface area (Å²) in [6.07, 6.45) is -12.8. The molecule has 2 saturated heterocycles. The first-order valence-corrected chi connectivity index (χ1v) is 16.1. The Morgan fingerprint density at radius 3 is 2.15 bits per heavy atom. The van der Waals surface area contributed by atoms with Crippen LogP contribution in [0, 0.1) is 0 Å². The molecule has 2 aromatic carbocycles. The molecule has 16 heteroatoms. The van der Waals surface area contributed by atoms with Crippen LogP contribution in [0.5, 0.6) is 23.0 Å². The third kappa shape index (κ3) is 7.89. The number of phenols is 3. The van der Waals surface area contributed by atoms with E-state index in [0.717, 1.165) is 12.1 Å². The molecule has 0 saturated carbocycles. The van der Waals surface area contributed by atoms with Gasteiger partial charge >= 0.3 is 5.97 Å². The first-order valence-electron chi connectivity index (χ1n) is 16.1. The number of esters is 1. The van der Waals surface area contributed by atoms with E-state index in [9.17, 15) is 50.4 Å². The van der Waals surface area contributed by atoms with Crippen LogP contribution in [-0.2, 0) is 18.9 Å². The van der Waals surface area contributed by atoms with Crippen LogP contribution in [0.3, 0.4) is 0 Å². The van der Waals surface area contributed by atoms with Crippen LogP contribution in [0.25, 0.3) is 28.7 Å². The molecule has 1 aliphatic carbocycles. The molecule has 3 aliphatic heterocycles. The number of aliphatic hydroxyl groups is 5. The lowest BCUT2D eigenvalue weighted by molar-refractivity contribution is -0.317. The number of carbonyl (C=O) groups excluding carboxylic acids is 1. The van der Waals surface area contributed by atoms with Gasteiger partial charge in [0.15, 0.2) is 29.3 Å². The molecule has 9 N–H and O–H groups in total. The highest BCUT2D eigenvalue weighted by atomic mass is 16.7. The van der Waals surface area contributed by atoms with Crippen molar-refractivity contribution in [3.05, 3.63) is 88.6 Å². The largest absolute Gasteiger partial charge is 0.510 e. The first kappa shape index (κ1) is 36.7. The number of aromatic hydroxyl groups is 3. The van der Waals surface area contributed by atoms with Crippen molar-refractivity contribution < 1.29 is 73.7 Å². The van der Waals surface area contributed by atoms with Gasteiger partial charge in [0.2, 0.25) is 12.4 Å². The molecule has 0 aromatic heterocycles. The second-order valence-electron chi connectivity index (χ2n) is 12.3. The first-order chi connectivity index (χ1) is 24.8. The molecule has 10 atom stereocenters. The number of phenolic OH excluding ortho intramolecular Hbond substituents is 3. The van der Waals surface area contributed by atoms with Gasteiger partial charge in [0, 0.05) is 17.7 Å². The van der Waals surface area contributed by atoms with E-state index in [-0.39, 0.29) is 34.3 Å². The predicted octanol–water partition coefficient (Wildman–Crippen LogP) is 0.799. The molecule has 0 radical (unpaired) electrons. The maximum absolute atomic E-state index is 12.0. The Morgan fingerprint density at radius 2 is 1.46 bits per heavy atom. The van der Waals surface area contributed by atoms with Gasteiger partial charge in [0.1, 0.15) is 59.6 Å². The summed E-state index contributed by atoms with van der Waals surface area (Å²) in [7, 11) is 0. The molecule has 52 heavy (non-hydrogen) atoms. The van der Waals surface area contributed by atoms with E-state index in [4.69, 9.17) is 28.1 Å². The van der Waals surface area contributed by atoms with Crippen LogP contribution < -0.4 is 10.2 Å². The zero-order chi connectivity index (χ0) is 37.3. The van der Waals surface area contributed by atoms with Gasteiger partial charge in [-0.2, -0.15) is 0 Å². The molecule has 0 bridgehead atoms. The van der Waals surface area contributed by atoms with Crippen LogP contribution in [0.2, 0.25) is 0 Å². The van der Waals surface area contributed by atoms with Crippen molar-refractivity contribution in [2.75, 3.05) is 6.61 Å². The fourth-order valence-corrected chi connectivity index (χ4v) is 5.78. The molecule has 0 amide bonds. The van der Waals surface area contributed by atoms with Crippen molar-refractivity contribution >= 4 is 12.0 Å². The summed E-state index contributed by atoms with van der Waals surface area (Å²) in [5, 5.41) is 83.5. The molecule has 16 nitrogen and oxygen atoms in total. The van der Waals surface area contributed by atoms with Crippen molar-refractivity contribution in [2.24, 2.45) is 0 Å². The Morgan fingerprint density at radius 1 is 0.808 bits per heavy atom. The molecule has 6 rings (SSSR count). The predicted molar refractivity (Wildman–Crippen MR) is 179 cm³/mol. The second kappa shape index (κ2) is 15.3. The Bertz CT molecular complexity index is 1910. The van der Waals surface area contributed by atoms with Crippen molar-refractivity contribution in [3.8, 4) is 45.6 Å². The maximum atomic E-state index is 12.0. The minimum Gasteiger partial charge on any atom is -0.508 e. The number of aliphatic hydroxyl groups excluding tert-OH is 5. The summed E-state index contributed by atoms with van der Waals surface area (Å²) in [4.78, 5) is 22.3. The molecule has 10 unspecified atom stereocenters. The lowest BCUT2D eigenvalue weighted by Gasteiger charge is -2.42. The van der Waals surface area contributed by atoms with Crippen LogP contribution in [0.15, 0.2) is 82.0 Å². The Kier molecular flexibility index (Phi) is 10.8. The number of fused-ring (bicyclic) bond motifs is 1. The fourth-order valence-electron chi connectivity index (χ4n) is 5.78. The molecule has 0 spiro atoms. The summed E-state index contributed by atoms with van der Waals surface area (Å²) in [5.74, 6) is -1.11. The Hall–Kier alpha value is -5.04. The van der Waals surface area contributed by atoms with Gasteiger partial charge in [-0.1, -0.05) is 12.1 Å². The molecule has 2 aromatic rings. The molecule has 2 fully saturated rings.